The molecule has 0 bridgehead atoms. The monoisotopic (exact) mass is 401 g/mol. The fraction of sp³-hybridized carbons (Fsp3) is 0.111. The molecule has 0 radical (unpaired) electrons. The summed E-state index contributed by atoms with van der Waals surface area (Å²) in [6.07, 6.45) is 1.82. The van der Waals surface area contributed by atoms with E-state index in [1.807, 2.05) is 47.3 Å². The molecule has 0 saturated heterocycles. The van der Waals surface area contributed by atoms with Gasteiger partial charge in [0.15, 0.2) is 0 Å². The molecule has 0 fully saturated rings. The molecule has 1 aromatic heterocycles. The molecule has 24 heavy (non-hydrogen) atoms. The first-order valence-corrected chi connectivity index (χ1v) is 8.96. The lowest BCUT2D eigenvalue weighted by molar-refractivity contribution is 0.415. The molecule has 3 rings (SSSR count). The Labute approximate surface area is 152 Å². The normalized spacial score (nSPS) is 12.0. The number of ether oxygens (including phenoxy) is 1. The Hall–Kier alpha value is -2.18. The van der Waals surface area contributed by atoms with Gasteiger partial charge in [-0.25, -0.2) is 4.68 Å². The van der Waals surface area contributed by atoms with Crippen LogP contribution in [0.2, 0.25) is 0 Å². The molecule has 0 amide bonds. The van der Waals surface area contributed by atoms with Crippen LogP contribution in [0.4, 0.5) is 0 Å². The first-order valence-electron chi connectivity index (χ1n) is 7.29. The summed E-state index contributed by atoms with van der Waals surface area (Å²) in [4.78, 5) is 5.16. The first kappa shape index (κ1) is 16.7. The Morgan fingerprint density at radius 2 is 1.79 bits per heavy atom. The van der Waals surface area contributed by atoms with Gasteiger partial charge in [0.05, 0.1) is 19.0 Å². The van der Waals surface area contributed by atoms with Crippen molar-refractivity contribution in [1.29, 1.82) is 0 Å². The number of halogens is 1. The molecular formula is C18H16BrN3OS. The van der Waals surface area contributed by atoms with Crippen molar-refractivity contribution in [3.8, 4) is 17.0 Å². The van der Waals surface area contributed by atoms with Crippen molar-refractivity contribution < 1.29 is 4.74 Å². The number of methoxy groups -OCH3 is 1. The van der Waals surface area contributed by atoms with Crippen molar-refractivity contribution >= 4 is 33.5 Å². The molecule has 0 aliphatic rings. The summed E-state index contributed by atoms with van der Waals surface area (Å²) >= 11 is 5.03. The summed E-state index contributed by atoms with van der Waals surface area (Å²) in [5.41, 5.74) is 3.10. The summed E-state index contributed by atoms with van der Waals surface area (Å²) in [7, 11) is 3.43. The lowest BCUT2D eigenvalue weighted by Crippen LogP contribution is -2.11. The molecule has 0 aliphatic carbocycles. The zero-order valence-electron chi connectivity index (χ0n) is 13.3. The second kappa shape index (κ2) is 7.59. The van der Waals surface area contributed by atoms with Crippen molar-refractivity contribution in [3.63, 3.8) is 0 Å². The second-order valence-electron chi connectivity index (χ2n) is 4.96. The summed E-state index contributed by atoms with van der Waals surface area (Å²) in [5, 5.41) is 6.68. The van der Waals surface area contributed by atoms with Gasteiger partial charge in [0, 0.05) is 22.5 Å². The number of aromatic nitrogens is 1. The Morgan fingerprint density at radius 1 is 1.08 bits per heavy atom. The lowest BCUT2D eigenvalue weighted by Gasteiger charge is -2.04. The Kier molecular flexibility index (Phi) is 5.27. The minimum absolute atomic E-state index is 0.829. The van der Waals surface area contributed by atoms with Gasteiger partial charge in [-0.3, -0.25) is 4.99 Å². The SMILES string of the molecule is CN=c1scc(-c2ccc(Br)cc2)n1/N=C\c1ccc(OC)cc1. The third-order valence-electron chi connectivity index (χ3n) is 3.45. The molecule has 6 heteroatoms. The fourth-order valence-corrected chi connectivity index (χ4v) is 3.26. The van der Waals surface area contributed by atoms with Gasteiger partial charge in [-0.05, 0) is 42.0 Å². The highest BCUT2D eigenvalue weighted by Gasteiger charge is 2.06. The van der Waals surface area contributed by atoms with E-state index in [1.54, 1.807) is 25.5 Å². The van der Waals surface area contributed by atoms with E-state index in [2.05, 4.69) is 43.5 Å². The number of thiazole rings is 1. The van der Waals surface area contributed by atoms with E-state index >= 15 is 0 Å². The summed E-state index contributed by atoms with van der Waals surface area (Å²) in [6, 6.07) is 15.9. The molecular weight excluding hydrogens is 386 g/mol. The first-order chi connectivity index (χ1) is 11.7. The number of rotatable bonds is 4. The maximum atomic E-state index is 5.18. The van der Waals surface area contributed by atoms with E-state index in [0.717, 1.165) is 31.8 Å². The Balaban J connectivity index is 1.98. The highest BCUT2D eigenvalue weighted by Crippen LogP contribution is 2.22. The Morgan fingerprint density at radius 3 is 2.42 bits per heavy atom. The molecule has 0 unspecified atom stereocenters. The summed E-state index contributed by atoms with van der Waals surface area (Å²) in [6.45, 7) is 0. The molecule has 0 aliphatic heterocycles. The topological polar surface area (TPSA) is 38.9 Å². The van der Waals surface area contributed by atoms with Crippen LogP contribution in [0, 0.1) is 0 Å². The molecule has 2 aromatic carbocycles. The van der Waals surface area contributed by atoms with E-state index in [1.165, 1.54) is 0 Å². The maximum absolute atomic E-state index is 5.18. The second-order valence-corrected chi connectivity index (χ2v) is 6.72. The van der Waals surface area contributed by atoms with Crippen LogP contribution in [0.1, 0.15) is 5.56 Å². The fourth-order valence-electron chi connectivity index (χ4n) is 2.20. The molecule has 4 nitrogen and oxygen atoms in total. The lowest BCUT2D eigenvalue weighted by atomic mass is 10.2. The summed E-state index contributed by atoms with van der Waals surface area (Å²) in [5.74, 6) is 0.829. The molecule has 0 atom stereocenters. The van der Waals surface area contributed by atoms with Gasteiger partial charge in [0.2, 0.25) is 4.80 Å². The molecule has 3 aromatic rings. The van der Waals surface area contributed by atoms with Crippen LogP contribution < -0.4 is 9.54 Å². The van der Waals surface area contributed by atoms with Crippen LogP contribution in [-0.4, -0.2) is 25.0 Å². The third-order valence-corrected chi connectivity index (χ3v) is 4.89. The largest absolute Gasteiger partial charge is 0.497 e. The molecule has 0 spiro atoms. The van der Waals surface area contributed by atoms with Gasteiger partial charge in [-0.2, -0.15) is 5.10 Å². The van der Waals surface area contributed by atoms with Crippen LogP contribution in [-0.2, 0) is 0 Å². The molecule has 0 saturated carbocycles. The van der Waals surface area contributed by atoms with Crippen molar-refractivity contribution in [2.75, 3.05) is 14.2 Å². The predicted molar refractivity (Wildman–Crippen MR) is 103 cm³/mol. The quantitative estimate of drug-likeness (QED) is 0.597. The smallest absolute Gasteiger partial charge is 0.205 e. The Bertz CT molecular complexity index is 909. The van der Waals surface area contributed by atoms with Crippen molar-refractivity contribution in [1.82, 2.24) is 4.68 Å². The van der Waals surface area contributed by atoms with Crippen LogP contribution in [0.5, 0.6) is 5.75 Å². The predicted octanol–water partition coefficient (Wildman–Crippen LogP) is 4.40. The van der Waals surface area contributed by atoms with E-state index in [0.29, 0.717) is 0 Å². The molecule has 122 valence electrons. The zero-order valence-corrected chi connectivity index (χ0v) is 15.7. The van der Waals surface area contributed by atoms with Crippen molar-refractivity contribution in [3.05, 3.63) is 68.7 Å². The maximum Gasteiger partial charge on any atom is 0.205 e. The van der Waals surface area contributed by atoms with Gasteiger partial charge in [-0.15, -0.1) is 11.3 Å². The van der Waals surface area contributed by atoms with Crippen molar-refractivity contribution in [2.45, 2.75) is 0 Å². The highest BCUT2D eigenvalue weighted by molar-refractivity contribution is 9.10. The molecule has 0 N–H and O–H groups in total. The van der Waals surface area contributed by atoms with Crippen LogP contribution >= 0.6 is 27.3 Å². The van der Waals surface area contributed by atoms with Crippen molar-refractivity contribution in [2.24, 2.45) is 10.1 Å². The van der Waals surface area contributed by atoms with E-state index in [4.69, 9.17) is 4.74 Å². The standard InChI is InChI=1S/C18H16BrN3OS/c1-20-18-22(21-11-13-3-9-16(23-2)10-4-13)17(12-24-18)14-5-7-15(19)8-6-14/h3-12H,1-2H3/b20-18?,21-11-. The van der Waals surface area contributed by atoms with E-state index in [9.17, 15) is 0 Å². The van der Waals surface area contributed by atoms with Crippen LogP contribution in [0.3, 0.4) is 0 Å². The van der Waals surface area contributed by atoms with Crippen LogP contribution in [0.25, 0.3) is 11.3 Å². The van der Waals surface area contributed by atoms with Gasteiger partial charge in [0.1, 0.15) is 5.75 Å². The van der Waals surface area contributed by atoms with E-state index in [-0.39, 0.29) is 0 Å². The minimum Gasteiger partial charge on any atom is -0.497 e. The van der Waals surface area contributed by atoms with Crippen LogP contribution in [0.15, 0.2) is 68.5 Å². The van der Waals surface area contributed by atoms with E-state index < -0.39 is 0 Å². The molecule has 1 heterocycles. The van der Waals surface area contributed by atoms with Gasteiger partial charge in [0.25, 0.3) is 0 Å². The number of nitrogens with zero attached hydrogens (tertiary/aromatic N) is 3. The van der Waals surface area contributed by atoms with Gasteiger partial charge < -0.3 is 4.74 Å². The number of hydrogen-bond donors (Lipinski definition) is 0. The highest BCUT2D eigenvalue weighted by atomic mass is 79.9. The average molecular weight is 402 g/mol. The number of benzene rings is 2. The minimum atomic E-state index is 0.829. The third kappa shape index (κ3) is 3.66. The summed E-state index contributed by atoms with van der Waals surface area (Å²) < 4.78 is 8.09. The number of hydrogen-bond acceptors (Lipinski definition) is 4. The van der Waals surface area contributed by atoms with Gasteiger partial charge >= 0.3 is 0 Å². The zero-order chi connectivity index (χ0) is 16.9. The van der Waals surface area contributed by atoms with Gasteiger partial charge in [-0.1, -0.05) is 28.1 Å². The average Bonchev–Trinajstić information content (AvgIpc) is 3.04.